The van der Waals surface area contributed by atoms with Crippen LogP contribution in [0.1, 0.15) is 26.7 Å². The van der Waals surface area contributed by atoms with Gasteiger partial charge < -0.3 is 11.1 Å². The molecule has 74 valence electrons. The van der Waals surface area contributed by atoms with E-state index in [1.165, 1.54) is 4.90 Å². The van der Waals surface area contributed by atoms with Gasteiger partial charge in [-0.1, -0.05) is 13.3 Å². The molecule has 0 radical (unpaired) electrons. The van der Waals surface area contributed by atoms with Gasteiger partial charge in [0, 0.05) is 0 Å². The van der Waals surface area contributed by atoms with E-state index in [0.717, 1.165) is 12.8 Å². The summed E-state index contributed by atoms with van der Waals surface area (Å²) in [6.45, 7) is 4.53. The Bertz CT molecular complexity index is 240. The zero-order valence-corrected chi connectivity index (χ0v) is 8.05. The Hall–Kier alpha value is -1.26. The van der Waals surface area contributed by atoms with Crippen molar-refractivity contribution in [1.29, 1.82) is 5.41 Å². The minimum absolute atomic E-state index is 0.183. The molecule has 1 unspecified atom stereocenters. The lowest BCUT2D eigenvalue weighted by atomic mass is 9.98. The molecular formula is C8H16N4O. The molecule has 0 bridgehead atoms. The van der Waals surface area contributed by atoms with E-state index in [0.29, 0.717) is 6.54 Å². The first-order valence-corrected chi connectivity index (χ1v) is 4.42. The Morgan fingerprint density at radius 2 is 2.46 bits per heavy atom. The molecule has 0 aromatic heterocycles. The highest BCUT2D eigenvalue weighted by molar-refractivity contribution is 5.96. The lowest BCUT2D eigenvalue weighted by molar-refractivity contribution is 0.233. The average Bonchev–Trinajstić information content (AvgIpc) is 2.27. The van der Waals surface area contributed by atoms with Crippen LogP contribution in [0, 0.1) is 5.41 Å². The number of nitrogens with one attached hydrogen (secondary N) is 2. The van der Waals surface area contributed by atoms with Crippen LogP contribution in [-0.4, -0.2) is 29.0 Å². The van der Waals surface area contributed by atoms with Gasteiger partial charge in [-0.05, 0) is 13.3 Å². The van der Waals surface area contributed by atoms with Crippen molar-refractivity contribution in [1.82, 2.24) is 10.2 Å². The van der Waals surface area contributed by atoms with E-state index in [9.17, 15) is 4.79 Å². The number of hydrogen-bond acceptors (Lipinski definition) is 2. The minimum atomic E-state index is -0.261. The van der Waals surface area contributed by atoms with Crippen LogP contribution in [0.25, 0.3) is 0 Å². The molecular weight excluding hydrogens is 168 g/mol. The second-order valence-electron chi connectivity index (χ2n) is 3.71. The fourth-order valence-corrected chi connectivity index (χ4v) is 1.67. The molecule has 0 aromatic rings. The number of amides is 2. The molecule has 0 aromatic carbocycles. The van der Waals surface area contributed by atoms with Gasteiger partial charge in [-0.3, -0.25) is 10.3 Å². The summed E-state index contributed by atoms with van der Waals surface area (Å²) in [6, 6.07) is -0.261. The average molecular weight is 184 g/mol. The second-order valence-corrected chi connectivity index (χ2v) is 3.71. The zero-order valence-electron chi connectivity index (χ0n) is 8.05. The number of nitrogens with two attached hydrogens (primary N) is 1. The van der Waals surface area contributed by atoms with E-state index in [2.05, 4.69) is 12.2 Å². The Labute approximate surface area is 77.8 Å². The number of nitrogens with zero attached hydrogens (tertiary/aromatic N) is 1. The maximum Gasteiger partial charge on any atom is 0.324 e. The molecule has 2 amide bonds. The summed E-state index contributed by atoms with van der Waals surface area (Å²) in [5.41, 5.74) is 5.03. The van der Waals surface area contributed by atoms with Gasteiger partial charge in [0.2, 0.25) is 0 Å². The van der Waals surface area contributed by atoms with Crippen molar-refractivity contribution in [2.45, 2.75) is 32.2 Å². The summed E-state index contributed by atoms with van der Waals surface area (Å²) in [7, 11) is 0. The lowest BCUT2D eigenvalue weighted by Gasteiger charge is -2.22. The van der Waals surface area contributed by atoms with Crippen molar-refractivity contribution in [3.05, 3.63) is 0 Å². The molecule has 1 rings (SSSR count). The van der Waals surface area contributed by atoms with E-state index < -0.39 is 0 Å². The number of guanidine groups is 1. The maximum absolute atomic E-state index is 11.3. The van der Waals surface area contributed by atoms with Crippen molar-refractivity contribution in [2.24, 2.45) is 5.73 Å². The van der Waals surface area contributed by atoms with Gasteiger partial charge in [0.15, 0.2) is 5.96 Å². The van der Waals surface area contributed by atoms with E-state index in [4.69, 9.17) is 11.1 Å². The number of carbonyl (C=O) groups is 1. The molecule has 5 nitrogen and oxygen atoms in total. The van der Waals surface area contributed by atoms with E-state index >= 15 is 0 Å². The predicted octanol–water partition coefficient (Wildman–Crippen LogP) is 0.464. The Kier molecular flexibility index (Phi) is 2.45. The third kappa shape index (κ3) is 1.91. The topological polar surface area (TPSA) is 82.2 Å². The molecule has 13 heavy (non-hydrogen) atoms. The molecule has 1 atom stereocenters. The lowest BCUT2D eigenvalue weighted by Crippen LogP contribution is -2.40. The highest BCUT2D eigenvalue weighted by Gasteiger charge is 2.38. The summed E-state index contributed by atoms with van der Waals surface area (Å²) in [5, 5.41) is 10.0. The summed E-state index contributed by atoms with van der Waals surface area (Å²) >= 11 is 0. The van der Waals surface area contributed by atoms with Gasteiger partial charge >= 0.3 is 6.03 Å². The van der Waals surface area contributed by atoms with Crippen LogP contribution in [0.5, 0.6) is 0 Å². The number of urea groups is 1. The third-order valence-electron chi connectivity index (χ3n) is 2.25. The zero-order chi connectivity index (χ0) is 10.1. The van der Waals surface area contributed by atoms with Crippen molar-refractivity contribution in [3.63, 3.8) is 0 Å². The number of hydrogen-bond donors (Lipinski definition) is 3. The van der Waals surface area contributed by atoms with Gasteiger partial charge in [0.05, 0.1) is 12.1 Å². The van der Waals surface area contributed by atoms with E-state index in [1.807, 2.05) is 6.92 Å². The second kappa shape index (κ2) is 3.24. The molecule has 1 aliphatic rings. The first-order valence-electron chi connectivity index (χ1n) is 4.42. The van der Waals surface area contributed by atoms with Crippen molar-refractivity contribution >= 4 is 12.0 Å². The predicted molar refractivity (Wildman–Crippen MR) is 50.5 cm³/mol. The molecule has 0 spiro atoms. The van der Waals surface area contributed by atoms with Crippen LogP contribution >= 0.6 is 0 Å². The van der Waals surface area contributed by atoms with Gasteiger partial charge in [0.25, 0.3) is 0 Å². The van der Waals surface area contributed by atoms with Crippen LogP contribution in [-0.2, 0) is 0 Å². The van der Waals surface area contributed by atoms with Crippen LogP contribution in [0.2, 0.25) is 0 Å². The number of carbonyl (C=O) groups excluding carboxylic acids is 1. The summed E-state index contributed by atoms with van der Waals surface area (Å²) in [5.74, 6) is -0.183. The highest BCUT2D eigenvalue weighted by Crippen LogP contribution is 2.19. The molecule has 1 fully saturated rings. The monoisotopic (exact) mass is 184 g/mol. The summed E-state index contributed by atoms with van der Waals surface area (Å²) in [6.07, 6.45) is 1.91. The smallest absolute Gasteiger partial charge is 0.324 e. The van der Waals surface area contributed by atoms with Gasteiger partial charge in [-0.15, -0.1) is 0 Å². The Morgan fingerprint density at radius 3 is 2.85 bits per heavy atom. The summed E-state index contributed by atoms with van der Waals surface area (Å²) < 4.78 is 0. The van der Waals surface area contributed by atoms with Gasteiger partial charge in [-0.25, -0.2) is 4.79 Å². The SMILES string of the molecule is CCCC1(C)CN(C(=N)N)C(=O)N1. The molecule has 0 saturated carbocycles. The van der Waals surface area contributed by atoms with Crippen molar-refractivity contribution in [3.8, 4) is 0 Å². The quantitative estimate of drug-likeness (QED) is 0.430. The standard InChI is InChI=1S/C8H16N4O/c1-3-4-8(2)5-12(6(9)10)7(13)11-8/h3-5H2,1-2H3,(H3,9,10)(H,11,13). The van der Waals surface area contributed by atoms with Crippen molar-refractivity contribution < 1.29 is 4.79 Å². The summed E-state index contributed by atoms with van der Waals surface area (Å²) in [4.78, 5) is 12.6. The first-order chi connectivity index (χ1) is 5.98. The molecule has 0 aliphatic carbocycles. The Balaban J connectivity index is 2.69. The third-order valence-corrected chi connectivity index (χ3v) is 2.25. The van der Waals surface area contributed by atoms with Gasteiger partial charge in [-0.2, -0.15) is 0 Å². The maximum atomic E-state index is 11.3. The molecule has 4 N–H and O–H groups in total. The van der Waals surface area contributed by atoms with E-state index in [-0.39, 0.29) is 17.5 Å². The molecule has 1 saturated heterocycles. The van der Waals surface area contributed by atoms with Crippen LogP contribution in [0.3, 0.4) is 0 Å². The van der Waals surface area contributed by atoms with Crippen LogP contribution < -0.4 is 11.1 Å². The largest absolute Gasteiger partial charge is 0.370 e. The minimum Gasteiger partial charge on any atom is -0.370 e. The van der Waals surface area contributed by atoms with E-state index in [1.54, 1.807) is 0 Å². The highest BCUT2D eigenvalue weighted by atomic mass is 16.2. The normalized spacial score (nSPS) is 27.5. The fourth-order valence-electron chi connectivity index (χ4n) is 1.67. The van der Waals surface area contributed by atoms with Crippen molar-refractivity contribution in [2.75, 3.05) is 6.54 Å². The Morgan fingerprint density at radius 1 is 1.85 bits per heavy atom. The van der Waals surface area contributed by atoms with Crippen LogP contribution in [0.15, 0.2) is 0 Å². The van der Waals surface area contributed by atoms with Gasteiger partial charge in [0.1, 0.15) is 0 Å². The fraction of sp³-hybridized carbons (Fsp3) is 0.750. The van der Waals surface area contributed by atoms with Crippen LogP contribution in [0.4, 0.5) is 4.79 Å². The first kappa shape index (κ1) is 9.83. The number of rotatable bonds is 2. The molecule has 1 heterocycles. The molecule has 5 heteroatoms. The molecule has 1 aliphatic heterocycles.